The molecule has 144 valence electrons. The first-order valence-corrected chi connectivity index (χ1v) is 11.2. The summed E-state index contributed by atoms with van der Waals surface area (Å²) in [6, 6.07) is 21.3. The first-order chi connectivity index (χ1) is 13.3. The van der Waals surface area contributed by atoms with E-state index in [1.165, 1.54) is 64.5 Å². The zero-order chi connectivity index (χ0) is 18.5. The molecule has 0 aromatic heterocycles. The van der Waals surface area contributed by atoms with Crippen molar-refractivity contribution in [1.29, 1.82) is 0 Å². The molecule has 0 amide bonds. The highest BCUT2D eigenvalue weighted by atomic mass is 15.2. The predicted molar refractivity (Wildman–Crippen MR) is 115 cm³/mol. The van der Waals surface area contributed by atoms with Crippen LogP contribution in [0.3, 0.4) is 0 Å². The number of hydrogen-bond donors (Lipinski definition) is 0. The lowest BCUT2D eigenvalue weighted by molar-refractivity contribution is 0.134. The van der Waals surface area contributed by atoms with E-state index < -0.39 is 0 Å². The lowest BCUT2D eigenvalue weighted by Crippen LogP contribution is -2.40. The highest BCUT2D eigenvalue weighted by molar-refractivity contribution is 5.34. The average molecular weight is 362 g/mol. The summed E-state index contributed by atoms with van der Waals surface area (Å²) in [6.45, 7) is 4.94. The molecule has 1 saturated heterocycles. The van der Waals surface area contributed by atoms with Crippen molar-refractivity contribution >= 4 is 0 Å². The van der Waals surface area contributed by atoms with Gasteiger partial charge in [0.25, 0.3) is 0 Å². The quantitative estimate of drug-likeness (QED) is 0.565. The third-order valence-corrected chi connectivity index (χ3v) is 6.95. The summed E-state index contributed by atoms with van der Waals surface area (Å²) in [5.41, 5.74) is 4.75. The second-order valence-electron chi connectivity index (χ2n) is 8.72. The minimum absolute atomic E-state index is 0.698. The molecular formula is C26H35N. The third kappa shape index (κ3) is 4.46. The maximum atomic E-state index is 2.79. The van der Waals surface area contributed by atoms with Crippen LogP contribution in [0.4, 0.5) is 0 Å². The van der Waals surface area contributed by atoms with Gasteiger partial charge in [-0.3, -0.25) is 0 Å². The van der Waals surface area contributed by atoms with Gasteiger partial charge in [-0.15, -0.1) is 0 Å². The average Bonchev–Trinajstić information content (AvgIpc) is 3.14. The number of benzene rings is 2. The van der Waals surface area contributed by atoms with Crippen LogP contribution in [0.5, 0.6) is 0 Å². The summed E-state index contributed by atoms with van der Waals surface area (Å²) in [7, 11) is 0. The van der Waals surface area contributed by atoms with E-state index >= 15 is 0 Å². The van der Waals surface area contributed by atoms with Gasteiger partial charge in [-0.25, -0.2) is 0 Å². The van der Waals surface area contributed by atoms with Crippen molar-refractivity contribution in [3.63, 3.8) is 0 Å². The van der Waals surface area contributed by atoms with E-state index in [1.54, 1.807) is 16.7 Å². The van der Waals surface area contributed by atoms with Gasteiger partial charge in [0.05, 0.1) is 0 Å². The molecule has 0 saturated carbocycles. The summed E-state index contributed by atoms with van der Waals surface area (Å²) in [5.74, 6) is 1.47. The largest absolute Gasteiger partial charge is 0.300 e. The molecule has 1 heterocycles. The number of nitrogens with zero attached hydrogens (tertiary/aromatic N) is 1. The Bertz CT molecular complexity index is 680. The second-order valence-corrected chi connectivity index (χ2v) is 8.72. The van der Waals surface area contributed by atoms with Crippen molar-refractivity contribution in [3.05, 3.63) is 71.3 Å². The number of likely N-dealkylation sites (tertiary alicyclic amines) is 1. The molecule has 1 fully saturated rings. The van der Waals surface area contributed by atoms with Gasteiger partial charge in [-0.1, -0.05) is 67.9 Å². The molecular weight excluding hydrogens is 326 g/mol. The Balaban J connectivity index is 1.48. The highest BCUT2D eigenvalue weighted by Gasteiger charge is 2.31. The van der Waals surface area contributed by atoms with Gasteiger partial charge in [0.2, 0.25) is 0 Å². The summed E-state index contributed by atoms with van der Waals surface area (Å²) in [4.78, 5) is 2.79. The Hall–Kier alpha value is -1.60. The number of hydrogen-bond acceptors (Lipinski definition) is 1. The summed E-state index contributed by atoms with van der Waals surface area (Å²) < 4.78 is 0. The van der Waals surface area contributed by atoms with E-state index in [0.717, 1.165) is 12.0 Å². The van der Waals surface area contributed by atoms with E-state index in [9.17, 15) is 0 Å². The zero-order valence-electron chi connectivity index (χ0n) is 16.9. The first kappa shape index (κ1) is 18.7. The summed E-state index contributed by atoms with van der Waals surface area (Å²) >= 11 is 0. The molecule has 1 aliphatic heterocycles. The topological polar surface area (TPSA) is 3.24 Å². The van der Waals surface area contributed by atoms with Gasteiger partial charge in [-0.2, -0.15) is 0 Å². The van der Waals surface area contributed by atoms with Crippen LogP contribution < -0.4 is 0 Å². The van der Waals surface area contributed by atoms with Gasteiger partial charge in [0.15, 0.2) is 0 Å². The van der Waals surface area contributed by atoms with Crippen molar-refractivity contribution < 1.29 is 0 Å². The minimum atomic E-state index is 0.698. The van der Waals surface area contributed by atoms with E-state index in [-0.39, 0.29) is 0 Å². The fourth-order valence-electron chi connectivity index (χ4n) is 5.59. The van der Waals surface area contributed by atoms with E-state index in [4.69, 9.17) is 0 Å². The molecule has 2 atom stereocenters. The van der Waals surface area contributed by atoms with E-state index in [1.807, 2.05) is 0 Å². The van der Waals surface area contributed by atoms with Gasteiger partial charge in [-0.05, 0) is 86.6 Å². The lowest BCUT2D eigenvalue weighted by Gasteiger charge is -2.37. The Morgan fingerprint density at radius 1 is 0.926 bits per heavy atom. The molecule has 0 spiro atoms. The molecule has 2 aliphatic rings. The number of piperidine rings is 1. The molecule has 0 radical (unpaired) electrons. The smallest absolute Gasteiger partial charge is 0.00954 e. The van der Waals surface area contributed by atoms with E-state index in [0.29, 0.717) is 5.92 Å². The Kier molecular flexibility index (Phi) is 6.29. The molecule has 2 aromatic rings. The number of rotatable bonds is 7. The van der Waals surface area contributed by atoms with Gasteiger partial charge in [0, 0.05) is 6.04 Å². The summed E-state index contributed by atoms with van der Waals surface area (Å²) in [5, 5.41) is 0. The standard InChI is InChI=1S/C26H35N/c1-2-17-27-18-9-8-14-25(27)15-16-26(21-10-4-3-5-11-21)24-19-22-12-6-7-13-23(22)20-24/h3-7,10-13,24-26H,2,8-9,14-20H2,1H3/t25-,26?/m0/s1. The fraction of sp³-hybridized carbons (Fsp3) is 0.538. The minimum Gasteiger partial charge on any atom is -0.300 e. The Morgan fingerprint density at radius 3 is 2.33 bits per heavy atom. The van der Waals surface area contributed by atoms with Crippen LogP contribution in [0, 0.1) is 5.92 Å². The molecule has 27 heavy (non-hydrogen) atoms. The normalized spacial score (nSPS) is 21.9. The van der Waals surface area contributed by atoms with Crippen molar-refractivity contribution in [2.75, 3.05) is 13.1 Å². The second kappa shape index (κ2) is 9.06. The van der Waals surface area contributed by atoms with Crippen LogP contribution in [0.15, 0.2) is 54.6 Å². The van der Waals surface area contributed by atoms with Crippen molar-refractivity contribution in [2.45, 2.75) is 70.3 Å². The van der Waals surface area contributed by atoms with Crippen LogP contribution in [0.1, 0.15) is 68.1 Å². The molecule has 0 bridgehead atoms. The zero-order valence-corrected chi connectivity index (χ0v) is 16.9. The van der Waals surface area contributed by atoms with Crippen LogP contribution in [-0.2, 0) is 12.8 Å². The molecule has 1 unspecified atom stereocenters. The van der Waals surface area contributed by atoms with Crippen LogP contribution in [0.25, 0.3) is 0 Å². The van der Waals surface area contributed by atoms with Crippen molar-refractivity contribution in [1.82, 2.24) is 4.90 Å². The third-order valence-electron chi connectivity index (χ3n) is 6.95. The van der Waals surface area contributed by atoms with Crippen LogP contribution in [0.2, 0.25) is 0 Å². The van der Waals surface area contributed by atoms with Crippen molar-refractivity contribution in [3.8, 4) is 0 Å². The lowest BCUT2D eigenvalue weighted by atomic mass is 9.79. The maximum Gasteiger partial charge on any atom is 0.00954 e. The highest BCUT2D eigenvalue weighted by Crippen LogP contribution is 2.40. The summed E-state index contributed by atoms with van der Waals surface area (Å²) in [6.07, 6.45) is 10.8. The molecule has 2 aromatic carbocycles. The first-order valence-electron chi connectivity index (χ1n) is 11.2. The molecule has 0 N–H and O–H groups in total. The van der Waals surface area contributed by atoms with Crippen molar-refractivity contribution in [2.24, 2.45) is 5.92 Å². The monoisotopic (exact) mass is 361 g/mol. The number of fused-ring (bicyclic) bond motifs is 1. The predicted octanol–water partition coefficient (Wildman–Crippen LogP) is 6.23. The molecule has 1 heteroatoms. The van der Waals surface area contributed by atoms with E-state index in [2.05, 4.69) is 66.4 Å². The molecule has 1 nitrogen and oxygen atoms in total. The van der Waals surface area contributed by atoms with Gasteiger partial charge >= 0.3 is 0 Å². The van der Waals surface area contributed by atoms with Gasteiger partial charge < -0.3 is 4.90 Å². The Morgan fingerprint density at radius 2 is 1.63 bits per heavy atom. The molecule has 4 rings (SSSR count). The van der Waals surface area contributed by atoms with Gasteiger partial charge in [0.1, 0.15) is 0 Å². The fourth-order valence-corrected chi connectivity index (χ4v) is 5.59. The maximum absolute atomic E-state index is 2.79. The SMILES string of the molecule is CCCN1CCCC[C@H]1CCC(c1ccccc1)C1Cc2ccccc2C1. The van der Waals surface area contributed by atoms with Crippen LogP contribution >= 0.6 is 0 Å². The van der Waals surface area contributed by atoms with Crippen LogP contribution in [-0.4, -0.2) is 24.0 Å². The molecule has 1 aliphatic carbocycles. The Labute approximate surface area is 165 Å².